The first kappa shape index (κ1) is 12.8. The molecular weight excluding hydrogens is 228 g/mol. The Hall–Kier alpha value is -2.24. The van der Waals surface area contributed by atoms with E-state index in [1.54, 1.807) is 0 Å². The van der Waals surface area contributed by atoms with Gasteiger partial charge in [0.05, 0.1) is 12.8 Å². The van der Waals surface area contributed by atoms with Crippen LogP contribution in [0.3, 0.4) is 0 Å². The van der Waals surface area contributed by atoms with Crippen molar-refractivity contribution in [3.05, 3.63) is 23.8 Å². The molecule has 0 bridgehead atoms. The standard InChI is InChI=1S/C11H12O6/c12-8-2-1-6(3-9(8)13)7(4-10(14)15)5-11(16)17/h1-3,7,12-13H,4-5H2,(H,14,15)(H,16,17). The number of aliphatic carboxylic acids is 2. The molecule has 0 amide bonds. The van der Waals surface area contributed by atoms with Crippen molar-refractivity contribution >= 4 is 11.9 Å². The number of phenolic OH excluding ortho intramolecular Hbond substituents is 2. The van der Waals surface area contributed by atoms with Gasteiger partial charge in [0.15, 0.2) is 11.5 Å². The van der Waals surface area contributed by atoms with Crippen molar-refractivity contribution in [2.75, 3.05) is 0 Å². The van der Waals surface area contributed by atoms with Crippen LogP contribution in [0.15, 0.2) is 18.2 Å². The highest BCUT2D eigenvalue weighted by atomic mass is 16.4. The van der Waals surface area contributed by atoms with Crippen molar-refractivity contribution in [2.24, 2.45) is 0 Å². The number of carbonyl (C=O) groups is 2. The zero-order chi connectivity index (χ0) is 13.0. The summed E-state index contributed by atoms with van der Waals surface area (Å²) in [5.41, 5.74) is 0.366. The third-order valence-electron chi connectivity index (χ3n) is 2.31. The van der Waals surface area contributed by atoms with Crippen LogP contribution in [0, 0.1) is 0 Å². The summed E-state index contributed by atoms with van der Waals surface area (Å²) in [5, 5.41) is 35.7. The number of phenols is 2. The number of carboxylic acids is 2. The molecular formula is C11H12O6. The lowest BCUT2D eigenvalue weighted by Crippen LogP contribution is -2.11. The average molecular weight is 240 g/mol. The quantitative estimate of drug-likeness (QED) is 0.573. The van der Waals surface area contributed by atoms with Crippen LogP contribution in [0.1, 0.15) is 24.3 Å². The van der Waals surface area contributed by atoms with Crippen molar-refractivity contribution in [3.63, 3.8) is 0 Å². The van der Waals surface area contributed by atoms with Crippen LogP contribution in [0.2, 0.25) is 0 Å². The predicted molar refractivity (Wildman–Crippen MR) is 57.0 cm³/mol. The van der Waals surface area contributed by atoms with Crippen molar-refractivity contribution in [1.29, 1.82) is 0 Å². The average Bonchev–Trinajstić information content (AvgIpc) is 2.19. The molecule has 0 spiro atoms. The summed E-state index contributed by atoms with van der Waals surface area (Å²) in [4.78, 5) is 21.2. The zero-order valence-electron chi connectivity index (χ0n) is 8.83. The minimum absolute atomic E-state index is 0.335. The van der Waals surface area contributed by atoms with E-state index in [0.717, 1.165) is 0 Å². The Bertz CT molecular complexity index is 424. The molecule has 4 N–H and O–H groups in total. The number of aromatic hydroxyl groups is 2. The molecule has 6 heteroatoms. The van der Waals surface area contributed by atoms with E-state index in [1.807, 2.05) is 0 Å². The van der Waals surface area contributed by atoms with Crippen molar-refractivity contribution in [1.82, 2.24) is 0 Å². The van der Waals surface area contributed by atoms with Crippen LogP contribution in [0.25, 0.3) is 0 Å². The van der Waals surface area contributed by atoms with Gasteiger partial charge in [0.1, 0.15) is 0 Å². The molecule has 0 fully saturated rings. The molecule has 0 aliphatic carbocycles. The largest absolute Gasteiger partial charge is 0.504 e. The van der Waals surface area contributed by atoms with Gasteiger partial charge in [-0.2, -0.15) is 0 Å². The lowest BCUT2D eigenvalue weighted by Gasteiger charge is -2.13. The minimum atomic E-state index is -1.12. The minimum Gasteiger partial charge on any atom is -0.504 e. The fourth-order valence-electron chi connectivity index (χ4n) is 1.52. The van der Waals surface area contributed by atoms with Crippen LogP contribution in [-0.4, -0.2) is 32.4 Å². The topological polar surface area (TPSA) is 115 Å². The Morgan fingerprint density at radius 2 is 1.53 bits per heavy atom. The Morgan fingerprint density at radius 1 is 1.00 bits per heavy atom. The third kappa shape index (κ3) is 3.67. The zero-order valence-corrected chi connectivity index (χ0v) is 8.83. The molecule has 0 aliphatic heterocycles. The number of hydrogen-bond donors (Lipinski definition) is 4. The van der Waals surface area contributed by atoms with Crippen molar-refractivity contribution < 1.29 is 30.0 Å². The maximum atomic E-state index is 10.6. The number of carboxylic acid groups (broad SMARTS) is 2. The second kappa shape index (κ2) is 5.20. The van der Waals surface area contributed by atoms with Gasteiger partial charge in [0.25, 0.3) is 0 Å². The normalized spacial score (nSPS) is 10.4. The fourth-order valence-corrected chi connectivity index (χ4v) is 1.52. The molecule has 1 rings (SSSR count). The van der Waals surface area contributed by atoms with Gasteiger partial charge in [-0.05, 0) is 17.7 Å². The molecule has 6 nitrogen and oxygen atoms in total. The molecule has 0 saturated heterocycles. The second-order valence-electron chi connectivity index (χ2n) is 3.64. The lowest BCUT2D eigenvalue weighted by atomic mass is 9.92. The first-order valence-electron chi connectivity index (χ1n) is 4.85. The Balaban J connectivity index is 2.98. The molecule has 0 heterocycles. The molecule has 0 unspecified atom stereocenters. The molecule has 0 atom stereocenters. The van der Waals surface area contributed by atoms with Crippen LogP contribution >= 0.6 is 0 Å². The monoisotopic (exact) mass is 240 g/mol. The van der Waals surface area contributed by atoms with Crippen LogP contribution in [0.4, 0.5) is 0 Å². The van der Waals surface area contributed by atoms with Crippen molar-refractivity contribution in [2.45, 2.75) is 18.8 Å². The number of rotatable bonds is 5. The maximum absolute atomic E-state index is 10.6. The maximum Gasteiger partial charge on any atom is 0.303 e. The van der Waals surface area contributed by atoms with Gasteiger partial charge in [-0.15, -0.1) is 0 Å². The predicted octanol–water partition coefficient (Wildman–Crippen LogP) is 1.13. The van der Waals surface area contributed by atoms with E-state index in [-0.39, 0.29) is 18.6 Å². The molecule has 0 aliphatic rings. The smallest absolute Gasteiger partial charge is 0.303 e. The summed E-state index contributed by atoms with van der Waals surface area (Å²) in [7, 11) is 0. The Labute approximate surface area is 96.8 Å². The summed E-state index contributed by atoms with van der Waals surface area (Å²) in [5.74, 6) is -3.72. The van der Waals surface area contributed by atoms with E-state index < -0.39 is 23.6 Å². The summed E-state index contributed by atoms with van der Waals surface area (Å²) >= 11 is 0. The first-order chi connectivity index (χ1) is 7.90. The molecule has 17 heavy (non-hydrogen) atoms. The van der Waals surface area contributed by atoms with E-state index in [0.29, 0.717) is 5.56 Å². The van der Waals surface area contributed by atoms with Crippen LogP contribution < -0.4 is 0 Å². The molecule has 1 aromatic rings. The van der Waals surface area contributed by atoms with Crippen molar-refractivity contribution in [3.8, 4) is 11.5 Å². The van der Waals surface area contributed by atoms with E-state index in [2.05, 4.69) is 0 Å². The summed E-state index contributed by atoms with van der Waals surface area (Å²) in [6, 6.07) is 3.76. The van der Waals surface area contributed by atoms with E-state index in [1.165, 1.54) is 18.2 Å². The van der Waals surface area contributed by atoms with Crippen LogP contribution in [-0.2, 0) is 9.59 Å². The molecule has 0 aromatic heterocycles. The highest BCUT2D eigenvalue weighted by Crippen LogP contribution is 2.31. The molecule has 0 radical (unpaired) electrons. The third-order valence-corrected chi connectivity index (χ3v) is 2.31. The van der Waals surface area contributed by atoms with Gasteiger partial charge in [-0.3, -0.25) is 9.59 Å². The van der Waals surface area contributed by atoms with E-state index in [4.69, 9.17) is 15.3 Å². The lowest BCUT2D eigenvalue weighted by molar-refractivity contribution is -0.139. The van der Waals surface area contributed by atoms with Gasteiger partial charge < -0.3 is 20.4 Å². The van der Waals surface area contributed by atoms with E-state index in [9.17, 15) is 14.7 Å². The Kier molecular flexibility index (Phi) is 3.92. The SMILES string of the molecule is O=C(O)CC(CC(=O)O)c1ccc(O)c(O)c1. The number of benzene rings is 1. The van der Waals surface area contributed by atoms with Gasteiger partial charge in [-0.1, -0.05) is 6.07 Å². The number of hydrogen-bond acceptors (Lipinski definition) is 4. The Morgan fingerprint density at radius 3 is 1.94 bits per heavy atom. The molecule has 1 aromatic carbocycles. The highest BCUT2D eigenvalue weighted by molar-refractivity contribution is 5.72. The fraction of sp³-hybridized carbons (Fsp3) is 0.273. The van der Waals surface area contributed by atoms with Gasteiger partial charge in [0, 0.05) is 5.92 Å². The summed E-state index contributed by atoms with van der Waals surface area (Å²) in [6.07, 6.45) is -0.701. The summed E-state index contributed by atoms with van der Waals surface area (Å²) in [6.45, 7) is 0. The van der Waals surface area contributed by atoms with Gasteiger partial charge >= 0.3 is 11.9 Å². The summed E-state index contributed by atoms with van der Waals surface area (Å²) < 4.78 is 0. The van der Waals surface area contributed by atoms with Crippen LogP contribution in [0.5, 0.6) is 11.5 Å². The molecule has 0 saturated carbocycles. The highest BCUT2D eigenvalue weighted by Gasteiger charge is 2.20. The van der Waals surface area contributed by atoms with E-state index >= 15 is 0 Å². The molecule has 92 valence electrons. The van der Waals surface area contributed by atoms with Gasteiger partial charge in [-0.25, -0.2) is 0 Å². The second-order valence-corrected chi connectivity index (χ2v) is 3.64. The van der Waals surface area contributed by atoms with Gasteiger partial charge in [0.2, 0.25) is 0 Å². The first-order valence-corrected chi connectivity index (χ1v) is 4.85.